The maximum atomic E-state index is 11.5. The molecule has 0 aromatic carbocycles. The summed E-state index contributed by atoms with van der Waals surface area (Å²) >= 11 is 0. The topological polar surface area (TPSA) is 29.5 Å². The maximum Gasteiger partial charge on any atom is 0.411 e. The highest BCUT2D eigenvalue weighted by Crippen LogP contribution is 2.15. The molecule has 1 aliphatic heterocycles. The van der Waals surface area contributed by atoms with Gasteiger partial charge in [-0.2, -0.15) is 0 Å². The fraction of sp³-hybridized carbons (Fsp3) is 0.700. The number of amides is 1. The van der Waals surface area contributed by atoms with Gasteiger partial charge in [-0.3, -0.25) is 4.90 Å². The summed E-state index contributed by atoms with van der Waals surface area (Å²) in [5.41, 5.74) is -0.403. The molecule has 0 aromatic heterocycles. The minimum Gasteiger partial charge on any atom is -0.444 e. The predicted molar refractivity (Wildman–Crippen MR) is 51.5 cm³/mol. The van der Waals surface area contributed by atoms with Crippen molar-refractivity contribution in [2.24, 2.45) is 0 Å². The molecule has 0 saturated heterocycles. The van der Waals surface area contributed by atoms with Gasteiger partial charge in [-0.25, -0.2) is 4.79 Å². The van der Waals surface area contributed by atoms with E-state index in [0.29, 0.717) is 6.54 Å². The van der Waals surface area contributed by atoms with Crippen molar-refractivity contribution >= 4 is 6.09 Å². The Morgan fingerprint density at radius 1 is 1.54 bits per heavy atom. The van der Waals surface area contributed by atoms with Crippen LogP contribution in [0.25, 0.3) is 0 Å². The van der Waals surface area contributed by atoms with Crippen molar-refractivity contribution in [2.45, 2.75) is 39.3 Å². The van der Waals surface area contributed by atoms with Gasteiger partial charge in [0.25, 0.3) is 0 Å². The molecule has 0 bridgehead atoms. The van der Waals surface area contributed by atoms with E-state index in [9.17, 15) is 4.79 Å². The first-order valence-electron chi connectivity index (χ1n) is 4.56. The largest absolute Gasteiger partial charge is 0.444 e. The van der Waals surface area contributed by atoms with E-state index in [1.165, 1.54) is 0 Å². The van der Waals surface area contributed by atoms with Gasteiger partial charge in [-0.15, -0.1) is 0 Å². The van der Waals surface area contributed by atoms with Crippen LogP contribution >= 0.6 is 0 Å². The van der Waals surface area contributed by atoms with Gasteiger partial charge in [0.15, 0.2) is 0 Å². The third kappa shape index (κ3) is 2.76. The average Bonchev–Trinajstić information content (AvgIpc) is 2.30. The molecule has 1 amide bonds. The van der Waals surface area contributed by atoms with Gasteiger partial charge in [0.05, 0.1) is 6.04 Å². The Hall–Kier alpha value is -0.990. The zero-order valence-electron chi connectivity index (χ0n) is 8.70. The highest BCUT2D eigenvalue weighted by Gasteiger charge is 2.26. The molecular formula is C10H17NO2. The second-order valence-corrected chi connectivity index (χ2v) is 4.30. The van der Waals surface area contributed by atoms with Gasteiger partial charge in [0, 0.05) is 6.54 Å². The molecule has 1 aliphatic rings. The molecule has 0 saturated carbocycles. The van der Waals surface area contributed by atoms with Crippen LogP contribution in [0.2, 0.25) is 0 Å². The summed E-state index contributed by atoms with van der Waals surface area (Å²) in [7, 11) is 0. The van der Waals surface area contributed by atoms with Crippen LogP contribution in [0.1, 0.15) is 27.7 Å². The molecule has 0 N–H and O–H groups in total. The Labute approximate surface area is 79.4 Å². The molecule has 0 aromatic rings. The Bertz CT molecular complexity index is 228. The van der Waals surface area contributed by atoms with Crippen molar-refractivity contribution in [3.8, 4) is 0 Å². The molecule has 13 heavy (non-hydrogen) atoms. The normalized spacial score (nSPS) is 22.2. The van der Waals surface area contributed by atoms with Crippen molar-refractivity contribution in [3.63, 3.8) is 0 Å². The molecule has 1 rings (SSSR count). The highest BCUT2D eigenvalue weighted by atomic mass is 16.6. The zero-order valence-corrected chi connectivity index (χ0v) is 8.70. The van der Waals surface area contributed by atoms with Gasteiger partial charge in [0.1, 0.15) is 5.60 Å². The summed E-state index contributed by atoms with van der Waals surface area (Å²) in [6, 6.07) is 0.162. The number of hydrogen-bond acceptors (Lipinski definition) is 2. The Morgan fingerprint density at radius 2 is 2.15 bits per heavy atom. The summed E-state index contributed by atoms with van der Waals surface area (Å²) in [6.07, 6.45) is 3.75. The molecule has 1 atom stereocenters. The Kier molecular flexibility index (Phi) is 2.64. The van der Waals surface area contributed by atoms with E-state index in [2.05, 4.69) is 0 Å². The number of rotatable bonds is 0. The van der Waals surface area contributed by atoms with Crippen LogP contribution in [0.3, 0.4) is 0 Å². The van der Waals surface area contributed by atoms with E-state index in [4.69, 9.17) is 4.74 Å². The van der Waals surface area contributed by atoms with E-state index in [1.807, 2.05) is 39.8 Å². The van der Waals surface area contributed by atoms with Crippen molar-refractivity contribution in [1.29, 1.82) is 0 Å². The van der Waals surface area contributed by atoms with Crippen LogP contribution < -0.4 is 0 Å². The molecule has 0 aliphatic carbocycles. The van der Waals surface area contributed by atoms with E-state index in [1.54, 1.807) is 4.90 Å². The zero-order chi connectivity index (χ0) is 10.1. The first kappa shape index (κ1) is 10.1. The van der Waals surface area contributed by atoms with Crippen molar-refractivity contribution in [2.75, 3.05) is 6.54 Å². The van der Waals surface area contributed by atoms with Gasteiger partial charge in [-0.1, -0.05) is 12.2 Å². The van der Waals surface area contributed by atoms with Gasteiger partial charge in [-0.05, 0) is 27.7 Å². The van der Waals surface area contributed by atoms with Crippen LogP contribution in [0.4, 0.5) is 4.79 Å². The number of carbonyl (C=O) groups excluding carboxylic acids is 1. The summed E-state index contributed by atoms with van der Waals surface area (Å²) in [4.78, 5) is 13.2. The van der Waals surface area contributed by atoms with E-state index in [0.717, 1.165) is 0 Å². The van der Waals surface area contributed by atoms with Gasteiger partial charge in [0.2, 0.25) is 0 Å². The fourth-order valence-electron chi connectivity index (χ4n) is 1.20. The van der Waals surface area contributed by atoms with Crippen molar-refractivity contribution in [1.82, 2.24) is 4.90 Å². The second kappa shape index (κ2) is 3.40. The van der Waals surface area contributed by atoms with E-state index >= 15 is 0 Å². The molecule has 1 unspecified atom stereocenters. The molecule has 0 fully saturated rings. The lowest BCUT2D eigenvalue weighted by Crippen LogP contribution is -2.38. The summed E-state index contributed by atoms with van der Waals surface area (Å²) < 4.78 is 5.24. The number of ether oxygens (including phenoxy) is 1. The molecule has 1 heterocycles. The predicted octanol–water partition coefficient (Wildman–Crippen LogP) is 2.18. The van der Waals surface area contributed by atoms with Crippen molar-refractivity contribution < 1.29 is 9.53 Å². The van der Waals surface area contributed by atoms with Crippen LogP contribution in [-0.4, -0.2) is 29.2 Å². The van der Waals surface area contributed by atoms with Crippen molar-refractivity contribution in [3.05, 3.63) is 12.2 Å². The van der Waals surface area contributed by atoms with Crippen LogP contribution in [0, 0.1) is 0 Å². The molecule has 3 nitrogen and oxygen atoms in total. The van der Waals surface area contributed by atoms with Crippen LogP contribution in [-0.2, 0) is 4.74 Å². The van der Waals surface area contributed by atoms with Gasteiger partial charge < -0.3 is 4.74 Å². The fourth-order valence-corrected chi connectivity index (χ4v) is 1.20. The molecule has 0 spiro atoms. The minimum absolute atomic E-state index is 0.162. The standard InChI is InChI=1S/C10H17NO2/c1-8-6-5-7-11(8)9(12)13-10(2,3)4/h5-6,8H,7H2,1-4H3. The molecule has 3 heteroatoms. The van der Waals surface area contributed by atoms with E-state index < -0.39 is 5.60 Å². The number of nitrogens with zero attached hydrogens (tertiary/aromatic N) is 1. The van der Waals surface area contributed by atoms with Crippen LogP contribution in [0.15, 0.2) is 12.2 Å². The lowest BCUT2D eigenvalue weighted by Gasteiger charge is -2.26. The first-order chi connectivity index (χ1) is 5.90. The summed E-state index contributed by atoms with van der Waals surface area (Å²) in [6.45, 7) is 8.26. The quantitative estimate of drug-likeness (QED) is 0.539. The smallest absolute Gasteiger partial charge is 0.411 e. The Balaban J connectivity index is 2.50. The minimum atomic E-state index is -0.403. The SMILES string of the molecule is CC1C=CCN1C(=O)OC(C)(C)C. The molecular weight excluding hydrogens is 166 g/mol. The number of hydrogen-bond donors (Lipinski definition) is 0. The highest BCUT2D eigenvalue weighted by molar-refractivity contribution is 5.69. The van der Waals surface area contributed by atoms with E-state index in [-0.39, 0.29) is 12.1 Å². The lowest BCUT2D eigenvalue weighted by atomic mass is 10.2. The summed E-state index contributed by atoms with van der Waals surface area (Å²) in [5.74, 6) is 0. The second-order valence-electron chi connectivity index (χ2n) is 4.30. The molecule has 0 radical (unpaired) electrons. The van der Waals surface area contributed by atoms with Crippen LogP contribution in [0.5, 0.6) is 0 Å². The molecule has 74 valence electrons. The third-order valence-corrected chi connectivity index (χ3v) is 1.84. The lowest BCUT2D eigenvalue weighted by molar-refractivity contribution is 0.0253. The first-order valence-corrected chi connectivity index (χ1v) is 4.56. The number of carbonyl (C=O) groups is 1. The third-order valence-electron chi connectivity index (χ3n) is 1.84. The van der Waals surface area contributed by atoms with Gasteiger partial charge >= 0.3 is 6.09 Å². The average molecular weight is 183 g/mol. The summed E-state index contributed by atoms with van der Waals surface area (Å²) in [5, 5.41) is 0. The maximum absolute atomic E-state index is 11.5. The monoisotopic (exact) mass is 183 g/mol. The Morgan fingerprint density at radius 3 is 2.54 bits per heavy atom.